The van der Waals surface area contributed by atoms with Gasteiger partial charge in [0, 0.05) is 38.5 Å². The number of Topliss-reactive ketones (excluding diaryl/α,β-unsaturated/α-hetero) is 1. The van der Waals surface area contributed by atoms with Gasteiger partial charge in [-0.3, -0.25) is 9.59 Å². The third kappa shape index (κ3) is 5.45. The molecule has 2 saturated heterocycles. The minimum atomic E-state index is -3.71. The Morgan fingerprint density at radius 3 is 2.35 bits per heavy atom. The summed E-state index contributed by atoms with van der Waals surface area (Å²) < 4.78 is 39.5. The number of likely N-dealkylation sites (tertiary alicyclic amines) is 1. The number of hydrogen-bond acceptors (Lipinski definition) is 6. The molecule has 0 saturated carbocycles. The first-order valence-corrected chi connectivity index (χ1v) is 12.2. The first kappa shape index (κ1) is 23.7. The van der Waals surface area contributed by atoms with Crippen molar-refractivity contribution in [1.29, 1.82) is 0 Å². The molecule has 31 heavy (non-hydrogen) atoms. The van der Waals surface area contributed by atoms with Crippen molar-refractivity contribution < 1.29 is 27.5 Å². The molecule has 9 heteroatoms. The average Bonchev–Trinajstić information content (AvgIpc) is 2.73. The molecule has 1 unspecified atom stereocenters. The number of amides is 1. The van der Waals surface area contributed by atoms with Gasteiger partial charge in [-0.15, -0.1) is 0 Å². The molecular formula is C22H32N2O6S. The highest BCUT2D eigenvalue weighted by Gasteiger charge is 2.35. The lowest BCUT2D eigenvalue weighted by Crippen LogP contribution is -2.47. The van der Waals surface area contributed by atoms with Crippen molar-refractivity contribution in [3.05, 3.63) is 23.3 Å². The second kappa shape index (κ2) is 10.1. The molecule has 1 aromatic rings. The van der Waals surface area contributed by atoms with E-state index < -0.39 is 10.0 Å². The summed E-state index contributed by atoms with van der Waals surface area (Å²) in [5, 5.41) is 0. The number of ether oxygens (including phenoxy) is 2. The van der Waals surface area contributed by atoms with E-state index in [4.69, 9.17) is 9.47 Å². The number of methoxy groups -OCH3 is 1. The molecule has 2 aliphatic heterocycles. The molecule has 0 radical (unpaired) electrons. The highest BCUT2D eigenvalue weighted by Crippen LogP contribution is 2.31. The van der Waals surface area contributed by atoms with Gasteiger partial charge in [0.25, 0.3) is 0 Å². The highest BCUT2D eigenvalue weighted by molar-refractivity contribution is 7.89. The summed E-state index contributed by atoms with van der Waals surface area (Å²) in [6, 6.07) is 3.16. The van der Waals surface area contributed by atoms with E-state index in [0.29, 0.717) is 60.7 Å². The van der Waals surface area contributed by atoms with Gasteiger partial charge in [-0.2, -0.15) is 4.31 Å². The summed E-state index contributed by atoms with van der Waals surface area (Å²) in [4.78, 5) is 25.6. The van der Waals surface area contributed by atoms with Crippen LogP contribution in [0.25, 0.3) is 0 Å². The number of rotatable bonds is 7. The lowest BCUT2D eigenvalue weighted by atomic mass is 10.1. The van der Waals surface area contributed by atoms with E-state index >= 15 is 0 Å². The van der Waals surface area contributed by atoms with Gasteiger partial charge in [-0.1, -0.05) is 6.42 Å². The van der Waals surface area contributed by atoms with Crippen LogP contribution in [0, 0.1) is 13.8 Å². The number of sulfonamides is 1. The average molecular weight is 453 g/mol. The summed E-state index contributed by atoms with van der Waals surface area (Å²) in [6.07, 6.45) is 3.19. The van der Waals surface area contributed by atoms with E-state index in [0.717, 1.165) is 12.8 Å². The van der Waals surface area contributed by atoms with Crippen LogP contribution in [0.5, 0.6) is 5.75 Å². The van der Waals surface area contributed by atoms with Crippen LogP contribution in [0.3, 0.4) is 0 Å². The van der Waals surface area contributed by atoms with Crippen molar-refractivity contribution in [1.82, 2.24) is 9.21 Å². The van der Waals surface area contributed by atoms with Crippen LogP contribution in [0.4, 0.5) is 0 Å². The molecular weight excluding hydrogens is 420 g/mol. The standard InChI is InChI=1S/C22H32N2O6S/c1-16-12-20(29-3)13-17(2)22(16)31(27,28)24-9-5-4-6-18(24)14-30-15-21(26)23-10-7-19(25)8-11-23/h12-13,18H,4-11,14-15H2,1-3H3. The molecule has 0 N–H and O–H groups in total. The molecule has 1 atom stereocenters. The number of benzene rings is 1. The summed E-state index contributed by atoms with van der Waals surface area (Å²) in [5.41, 5.74) is 1.30. The number of ketones is 1. The maximum atomic E-state index is 13.5. The normalized spacial score (nSPS) is 20.7. The fraction of sp³-hybridized carbons (Fsp3) is 0.636. The van der Waals surface area contributed by atoms with Crippen molar-refractivity contribution in [3.63, 3.8) is 0 Å². The van der Waals surface area contributed by atoms with Crippen molar-refractivity contribution in [3.8, 4) is 5.75 Å². The van der Waals surface area contributed by atoms with Gasteiger partial charge in [0.15, 0.2) is 0 Å². The predicted octanol–water partition coefficient (Wildman–Crippen LogP) is 2.06. The Morgan fingerprint density at radius 1 is 1.10 bits per heavy atom. The number of nitrogens with zero attached hydrogens (tertiary/aromatic N) is 2. The molecule has 2 heterocycles. The van der Waals surface area contributed by atoms with Gasteiger partial charge < -0.3 is 14.4 Å². The van der Waals surface area contributed by atoms with Gasteiger partial charge >= 0.3 is 0 Å². The van der Waals surface area contributed by atoms with E-state index in [2.05, 4.69) is 0 Å². The van der Waals surface area contributed by atoms with Crippen molar-refractivity contribution in [2.75, 3.05) is 40.0 Å². The molecule has 1 amide bonds. The maximum absolute atomic E-state index is 13.5. The Labute approximate surface area is 184 Å². The lowest BCUT2D eigenvalue weighted by Gasteiger charge is -2.35. The Balaban J connectivity index is 1.67. The Morgan fingerprint density at radius 2 is 1.74 bits per heavy atom. The van der Waals surface area contributed by atoms with Gasteiger partial charge in [-0.25, -0.2) is 8.42 Å². The quantitative estimate of drug-likeness (QED) is 0.629. The fourth-order valence-electron chi connectivity index (χ4n) is 4.39. The molecule has 0 bridgehead atoms. The van der Waals surface area contributed by atoms with Crippen molar-refractivity contribution >= 4 is 21.7 Å². The van der Waals surface area contributed by atoms with Crippen LogP contribution in [0.2, 0.25) is 0 Å². The van der Waals surface area contributed by atoms with Gasteiger partial charge in [-0.05, 0) is 49.9 Å². The zero-order valence-corrected chi connectivity index (χ0v) is 19.4. The lowest BCUT2D eigenvalue weighted by molar-refractivity contribution is -0.139. The zero-order valence-electron chi connectivity index (χ0n) is 18.6. The van der Waals surface area contributed by atoms with Crippen LogP contribution in [-0.2, 0) is 24.3 Å². The SMILES string of the molecule is COc1cc(C)c(S(=O)(=O)N2CCCCC2COCC(=O)N2CCC(=O)CC2)c(C)c1. The smallest absolute Gasteiger partial charge is 0.248 e. The van der Waals surface area contributed by atoms with E-state index in [9.17, 15) is 18.0 Å². The second-order valence-corrected chi connectivity index (χ2v) is 10.1. The zero-order chi connectivity index (χ0) is 22.6. The van der Waals surface area contributed by atoms with Gasteiger partial charge in [0.05, 0.1) is 18.6 Å². The van der Waals surface area contributed by atoms with Crippen LogP contribution in [-0.4, -0.2) is 75.3 Å². The molecule has 2 aliphatic rings. The van der Waals surface area contributed by atoms with Crippen molar-refractivity contribution in [2.45, 2.75) is 56.9 Å². The molecule has 3 rings (SSSR count). The first-order valence-electron chi connectivity index (χ1n) is 10.8. The topological polar surface area (TPSA) is 93.2 Å². The van der Waals surface area contributed by atoms with E-state index in [-0.39, 0.29) is 30.9 Å². The van der Waals surface area contributed by atoms with E-state index in [1.54, 1.807) is 38.0 Å². The predicted molar refractivity (Wildman–Crippen MR) is 116 cm³/mol. The van der Waals surface area contributed by atoms with E-state index in [1.165, 1.54) is 4.31 Å². The van der Waals surface area contributed by atoms with E-state index in [1.807, 2.05) is 0 Å². The maximum Gasteiger partial charge on any atom is 0.248 e. The number of carbonyl (C=O) groups excluding carboxylic acids is 2. The molecule has 2 fully saturated rings. The van der Waals surface area contributed by atoms with Crippen molar-refractivity contribution in [2.24, 2.45) is 0 Å². The largest absolute Gasteiger partial charge is 0.497 e. The molecule has 0 aliphatic carbocycles. The summed E-state index contributed by atoms with van der Waals surface area (Å²) in [6.45, 7) is 4.93. The Hall–Kier alpha value is -1.97. The molecule has 0 spiro atoms. The van der Waals surface area contributed by atoms with Crippen LogP contribution >= 0.6 is 0 Å². The Bertz CT molecular complexity index is 897. The number of hydrogen-bond donors (Lipinski definition) is 0. The molecule has 0 aromatic heterocycles. The van der Waals surface area contributed by atoms with Crippen LogP contribution in [0.1, 0.15) is 43.2 Å². The Kier molecular flexibility index (Phi) is 7.72. The molecule has 8 nitrogen and oxygen atoms in total. The minimum Gasteiger partial charge on any atom is -0.497 e. The third-order valence-electron chi connectivity index (χ3n) is 6.02. The molecule has 1 aromatic carbocycles. The highest BCUT2D eigenvalue weighted by atomic mass is 32.2. The molecule has 172 valence electrons. The number of aryl methyl sites for hydroxylation is 2. The first-order chi connectivity index (χ1) is 14.7. The van der Waals surface area contributed by atoms with Crippen LogP contribution < -0.4 is 4.74 Å². The fourth-order valence-corrected chi connectivity index (χ4v) is 6.48. The van der Waals surface area contributed by atoms with Crippen LogP contribution in [0.15, 0.2) is 17.0 Å². The summed E-state index contributed by atoms with van der Waals surface area (Å²) in [7, 11) is -2.15. The monoisotopic (exact) mass is 452 g/mol. The van der Waals surface area contributed by atoms with Gasteiger partial charge in [0.2, 0.25) is 15.9 Å². The summed E-state index contributed by atoms with van der Waals surface area (Å²) in [5.74, 6) is 0.655. The number of piperidine rings is 2. The van der Waals surface area contributed by atoms with Gasteiger partial charge in [0.1, 0.15) is 18.1 Å². The summed E-state index contributed by atoms with van der Waals surface area (Å²) >= 11 is 0. The second-order valence-electron chi connectivity index (χ2n) is 8.29. The minimum absolute atomic E-state index is 0.0980. The number of carbonyl (C=O) groups is 2. The third-order valence-corrected chi connectivity index (χ3v) is 8.28.